The van der Waals surface area contributed by atoms with E-state index >= 15 is 0 Å². The second-order valence-electron chi connectivity index (χ2n) is 3.66. The van der Waals surface area contributed by atoms with Gasteiger partial charge < -0.3 is 9.73 Å². The SMILES string of the molecule is CCNCc1occc1-c1cc(Br)ccc1F. The summed E-state index contributed by atoms with van der Waals surface area (Å²) in [5.41, 5.74) is 1.35. The summed E-state index contributed by atoms with van der Waals surface area (Å²) in [5.74, 6) is 0.510. The topological polar surface area (TPSA) is 25.2 Å². The predicted molar refractivity (Wildman–Crippen MR) is 69.2 cm³/mol. The summed E-state index contributed by atoms with van der Waals surface area (Å²) < 4.78 is 20.0. The molecular weight excluding hydrogens is 285 g/mol. The molecule has 17 heavy (non-hydrogen) atoms. The molecule has 0 bridgehead atoms. The molecule has 0 saturated carbocycles. The van der Waals surface area contributed by atoms with Crippen molar-refractivity contribution in [3.63, 3.8) is 0 Å². The lowest BCUT2D eigenvalue weighted by atomic mass is 10.1. The Balaban J connectivity index is 2.38. The fraction of sp³-hybridized carbons (Fsp3) is 0.231. The fourth-order valence-corrected chi connectivity index (χ4v) is 2.02. The zero-order chi connectivity index (χ0) is 12.3. The second-order valence-corrected chi connectivity index (χ2v) is 4.58. The highest BCUT2D eigenvalue weighted by Crippen LogP contribution is 2.29. The Morgan fingerprint density at radius 3 is 2.88 bits per heavy atom. The summed E-state index contributed by atoms with van der Waals surface area (Å²) in [6.45, 7) is 3.47. The van der Waals surface area contributed by atoms with Gasteiger partial charge in [-0.15, -0.1) is 0 Å². The van der Waals surface area contributed by atoms with E-state index in [4.69, 9.17) is 4.42 Å². The van der Waals surface area contributed by atoms with E-state index in [0.717, 1.165) is 22.3 Å². The van der Waals surface area contributed by atoms with Gasteiger partial charge in [-0.25, -0.2) is 4.39 Å². The Hall–Kier alpha value is -1.13. The Kier molecular flexibility index (Phi) is 3.97. The molecule has 2 aromatic rings. The summed E-state index contributed by atoms with van der Waals surface area (Å²) in [7, 11) is 0. The van der Waals surface area contributed by atoms with Crippen LogP contribution in [0.2, 0.25) is 0 Å². The van der Waals surface area contributed by atoms with Crippen molar-refractivity contribution in [3.05, 3.63) is 46.6 Å². The van der Waals surface area contributed by atoms with Gasteiger partial charge in [0.1, 0.15) is 11.6 Å². The first-order chi connectivity index (χ1) is 8.22. The normalized spacial score (nSPS) is 10.8. The molecule has 2 rings (SSSR count). The van der Waals surface area contributed by atoms with Crippen LogP contribution < -0.4 is 5.32 Å². The average molecular weight is 298 g/mol. The average Bonchev–Trinajstić information content (AvgIpc) is 2.77. The minimum Gasteiger partial charge on any atom is -0.467 e. The van der Waals surface area contributed by atoms with Gasteiger partial charge in [0.15, 0.2) is 0 Å². The lowest BCUT2D eigenvalue weighted by molar-refractivity contribution is 0.488. The van der Waals surface area contributed by atoms with Crippen molar-refractivity contribution in [1.29, 1.82) is 0 Å². The van der Waals surface area contributed by atoms with Gasteiger partial charge in [-0.05, 0) is 30.8 Å². The maximum absolute atomic E-state index is 13.8. The van der Waals surface area contributed by atoms with Crippen LogP contribution in [-0.2, 0) is 6.54 Å². The van der Waals surface area contributed by atoms with E-state index in [1.807, 2.05) is 6.92 Å². The van der Waals surface area contributed by atoms with Crippen LogP contribution >= 0.6 is 15.9 Å². The first kappa shape index (κ1) is 12.3. The number of nitrogens with one attached hydrogen (secondary N) is 1. The van der Waals surface area contributed by atoms with Crippen molar-refractivity contribution in [3.8, 4) is 11.1 Å². The quantitative estimate of drug-likeness (QED) is 0.924. The van der Waals surface area contributed by atoms with Gasteiger partial charge in [0.25, 0.3) is 0 Å². The fourth-order valence-electron chi connectivity index (χ4n) is 1.66. The molecule has 0 radical (unpaired) electrons. The van der Waals surface area contributed by atoms with Gasteiger partial charge in [-0.1, -0.05) is 22.9 Å². The smallest absolute Gasteiger partial charge is 0.131 e. The largest absolute Gasteiger partial charge is 0.467 e. The van der Waals surface area contributed by atoms with E-state index in [1.165, 1.54) is 6.07 Å². The lowest BCUT2D eigenvalue weighted by Gasteiger charge is -2.05. The molecular formula is C13H13BrFNO. The molecule has 0 unspecified atom stereocenters. The zero-order valence-corrected chi connectivity index (χ0v) is 11.1. The number of halogens is 2. The first-order valence-corrected chi connectivity index (χ1v) is 6.24. The van der Waals surface area contributed by atoms with Crippen LogP contribution in [0.4, 0.5) is 4.39 Å². The molecule has 1 N–H and O–H groups in total. The molecule has 0 amide bonds. The standard InChI is InChI=1S/C13H13BrFNO/c1-2-16-8-13-10(5-6-17-13)11-7-9(14)3-4-12(11)15/h3-7,16H,2,8H2,1H3. The molecule has 0 spiro atoms. The molecule has 0 aliphatic carbocycles. The van der Waals surface area contributed by atoms with Crippen LogP contribution in [0.5, 0.6) is 0 Å². The third-order valence-electron chi connectivity index (χ3n) is 2.50. The van der Waals surface area contributed by atoms with E-state index in [0.29, 0.717) is 12.1 Å². The van der Waals surface area contributed by atoms with Crippen LogP contribution in [0.25, 0.3) is 11.1 Å². The van der Waals surface area contributed by atoms with Gasteiger partial charge in [-0.3, -0.25) is 0 Å². The van der Waals surface area contributed by atoms with Gasteiger partial charge in [-0.2, -0.15) is 0 Å². The predicted octanol–water partition coefficient (Wildman–Crippen LogP) is 3.96. The van der Waals surface area contributed by atoms with Crippen molar-refractivity contribution in [1.82, 2.24) is 5.32 Å². The maximum atomic E-state index is 13.8. The monoisotopic (exact) mass is 297 g/mol. The van der Waals surface area contributed by atoms with Gasteiger partial charge in [0.05, 0.1) is 12.8 Å². The Bertz CT molecular complexity index is 510. The highest BCUT2D eigenvalue weighted by molar-refractivity contribution is 9.10. The number of furan rings is 1. The Morgan fingerprint density at radius 1 is 1.29 bits per heavy atom. The molecule has 0 fully saturated rings. The van der Waals surface area contributed by atoms with Gasteiger partial charge in [0.2, 0.25) is 0 Å². The minimum absolute atomic E-state index is 0.243. The van der Waals surface area contributed by atoms with E-state index in [2.05, 4.69) is 21.2 Å². The van der Waals surface area contributed by atoms with E-state index in [-0.39, 0.29) is 5.82 Å². The Labute approximate surface area is 108 Å². The molecule has 0 aliphatic rings. The van der Waals surface area contributed by atoms with Crippen molar-refractivity contribution in [2.24, 2.45) is 0 Å². The van der Waals surface area contributed by atoms with Crippen LogP contribution in [0.15, 0.2) is 39.4 Å². The molecule has 0 aliphatic heterocycles. The highest BCUT2D eigenvalue weighted by Gasteiger charge is 2.12. The maximum Gasteiger partial charge on any atom is 0.131 e. The molecule has 0 saturated heterocycles. The zero-order valence-electron chi connectivity index (χ0n) is 9.47. The van der Waals surface area contributed by atoms with Crippen LogP contribution in [0, 0.1) is 5.82 Å². The second kappa shape index (κ2) is 5.47. The molecule has 1 aromatic heterocycles. The van der Waals surface area contributed by atoms with Crippen LogP contribution in [0.1, 0.15) is 12.7 Å². The van der Waals surface area contributed by atoms with Crippen molar-refractivity contribution < 1.29 is 8.81 Å². The molecule has 1 heterocycles. The molecule has 1 aromatic carbocycles. The van der Waals surface area contributed by atoms with Gasteiger partial charge in [0, 0.05) is 15.6 Å². The first-order valence-electron chi connectivity index (χ1n) is 5.45. The summed E-state index contributed by atoms with van der Waals surface area (Å²) in [6.07, 6.45) is 1.59. The highest BCUT2D eigenvalue weighted by atomic mass is 79.9. The van der Waals surface area contributed by atoms with E-state index in [9.17, 15) is 4.39 Å². The summed E-state index contributed by atoms with van der Waals surface area (Å²) in [6, 6.07) is 6.68. The summed E-state index contributed by atoms with van der Waals surface area (Å²) in [4.78, 5) is 0. The van der Waals surface area contributed by atoms with Crippen molar-refractivity contribution in [2.75, 3.05) is 6.54 Å². The Morgan fingerprint density at radius 2 is 2.12 bits per heavy atom. The van der Waals surface area contributed by atoms with Gasteiger partial charge >= 0.3 is 0 Å². The van der Waals surface area contributed by atoms with Crippen LogP contribution in [0.3, 0.4) is 0 Å². The third kappa shape index (κ3) is 2.76. The molecule has 0 atom stereocenters. The summed E-state index contributed by atoms with van der Waals surface area (Å²) in [5, 5.41) is 3.17. The van der Waals surface area contributed by atoms with E-state index in [1.54, 1.807) is 24.5 Å². The lowest BCUT2D eigenvalue weighted by Crippen LogP contribution is -2.11. The molecule has 90 valence electrons. The summed E-state index contributed by atoms with van der Waals surface area (Å²) >= 11 is 3.35. The number of hydrogen-bond donors (Lipinski definition) is 1. The molecule has 4 heteroatoms. The minimum atomic E-state index is -0.243. The van der Waals surface area contributed by atoms with Crippen molar-refractivity contribution >= 4 is 15.9 Å². The van der Waals surface area contributed by atoms with Crippen LogP contribution in [-0.4, -0.2) is 6.54 Å². The van der Waals surface area contributed by atoms with E-state index < -0.39 is 0 Å². The number of benzene rings is 1. The third-order valence-corrected chi connectivity index (χ3v) is 2.99. The molecule has 2 nitrogen and oxygen atoms in total. The van der Waals surface area contributed by atoms with Crippen molar-refractivity contribution in [2.45, 2.75) is 13.5 Å². The number of rotatable bonds is 4. The number of hydrogen-bond acceptors (Lipinski definition) is 2.